The molecule has 7 heteroatoms. The highest BCUT2D eigenvalue weighted by Crippen LogP contribution is 2.25. The number of ether oxygens (including phenoxy) is 1. The Morgan fingerprint density at radius 1 is 1.04 bits per heavy atom. The number of amides is 1. The van der Waals surface area contributed by atoms with E-state index in [9.17, 15) is 9.59 Å². The fourth-order valence-corrected chi connectivity index (χ4v) is 3.32. The predicted molar refractivity (Wildman–Crippen MR) is 101 cm³/mol. The molecule has 1 aliphatic heterocycles. The van der Waals surface area contributed by atoms with Gasteiger partial charge in [-0.2, -0.15) is 9.67 Å². The molecule has 0 spiro atoms. The number of fused-ring (bicyclic) bond motifs is 1. The lowest BCUT2D eigenvalue weighted by Crippen LogP contribution is -2.33. The van der Waals surface area contributed by atoms with Crippen LogP contribution in [0.4, 0.5) is 10.5 Å². The van der Waals surface area contributed by atoms with Crippen molar-refractivity contribution >= 4 is 11.7 Å². The first-order chi connectivity index (χ1) is 13.2. The second kappa shape index (κ2) is 7.11. The number of carbonyl (C=O) groups excluding carboxylic acids is 1. The molecule has 27 heavy (non-hydrogen) atoms. The van der Waals surface area contributed by atoms with E-state index < -0.39 is 0 Å². The maximum Gasteiger partial charge on any atom is 0.364 e. The summed E-state index contributed by atoms with van der Waals surface area (Å²) in [5.74, 6) is 1.20. The molecular weight excluding hydrogens is 344 g/mol. The van der Waals surface area contributed by atoms with Gasteiger partial charge in [0.1, 0.15) is 5.75 Å². The second-order valence-corrected chi connectivity index (χ2v) is 6.40. The number of benzene rings is 2. The Bertz CT molecular complexity index is 1010. The van der Waals surface area contributed by atoms with E-state index in [4.69, 9.17) is 4.74 Å². The van der Waals surface area contributed by atoms with E-state index in [0.29, 0.717) is 12.4 Å². The second-order valence-electron chi connectivity index (χ2n) is 6.40. The fourth-order valence-electron chi connectivity index (χ4n) is 3.32. The van der Waals surface area contributed by atoms with Gasteiger partial charge < -0.3 is 4.74 Å². The zero-order chi connectivity index (χ0) is 18.8. The molecule has 0 fully saturated rings. The van der Waals surface area contributed by atoms with E-state index in [0.717, 1.165) is 24.3 Å². The van der Waals surface area contributed by atoms with Crippen molar-refractivity contribution in [2.45, 2.75) is 25.9 Å². The quantitative estimate of drug-likeness (QED) is 0.674. The maximum atomic E-state index is 12.9. The highest BCUT2D eigenvalue weighted by atomic mass is 16.5. The molecule has 0 saturated carbocycles. The van der Waals surface area contributed by atoms with Crippen LogP contribution in [0.2, 0.25) is 0 Å². The fraction of sp³-hybridized carbons (Fsp3) is 0.250. The molecule has 0 radical (unpaired) electrons. The Morgan fingerprint density at radius 3 is 2.48 bits per heavy atom. The Labute approximate surface area is 156 Å². The van der Waals surface area contributed by atoms with Gasteiger partial charge in [0.05, 0.1) is 13.7 Å². The van der Waals surface area contributed by atoms with Crippen LogP contribution in [0.25, 0.3) is 0 Å². The average molecular weight is 364 g/mol. The van der Waals surface area contributed by atoms with E-state index in [1.54, 1.807) is 24.1 Å². The van der Waals surface area contributed by atoms with Gasteiger partial charge >= 0.3 is 11.7 Å². The first-order valence-electron chi connectivity index (χ1n) is 8.86. The van der Waals surface area contributed by atoms with E-state index in [1.807, 2.05) is 30.3 Å². The topological polar surface area (TPSA) is 69.4 Å². The van der Waals surface area contributed by atoms with Crippen molar-refractivity contribution in [3.05, 3.63) is 76.5 Å². The zero-order valence-corrected chi connectivity index (χ0v) is 15.0. The van der Waals surface area contributed by atoms with Gasteiger partial charge in [-0.3, -0.25) is 4.90 Å². The molecule has 2 aromatic carbocycles. The standard InChI is InChI=1S/C20H20N4O3/c1-27-17-11-9-16(10-12-17)22-14-18-21-19(25)23(24(18)20(22)26)13-5-8-15-6-3-2-4-7-15/h2-4,6-7,9-12H,5,8,13-14H2,1H3. The van der Waals surface area contributed by atoms with Gasteiger partial charge in [0, 0.05) is 12.2 Å². The number of anilines is 1. The molecule has 4 rings (SSSR count). The van der Waals surface area contributed by atoms with Gasteiger partial charge in [-0.25, -0.2) is 14.3 Å². The molecule has 2 heterocycles. The Balaban J connectivity index is 1.51. The highest BCUT2D eigenvalue weighted by Gasteiger charge is 2.33. The summed E-state index contributed by atoms with van der Waals surface area (Å²) in [7, 11) is 1.60. The van der Waals surface area contributed by atoms with E-state index >= 15 is 0 Å². The third-order valence-corrected chi connectivity index (χ3v) is 4.71. The van der Waals surface area contributed by atoms with Crippen LogP contribution in [0.15, 0.2) is 59.4 Å². The van der Waals surface area contributed by atoms with Crippen molar-refractivity contribution in [3.8, 4) is 5.75 Å². The summed E-state index contributed by atoms with van der Waals surface area (Å²) in [6, 6.07) is 17.1. The monoisotopic (exact) mass is 364 g/mol. The average Bonchev–Trinajstić information content (AvgIpc) is 3.18. The van der Waals surface area contributed by atoms with Gasteiger partial charge in [-0.15, -0.1) is 0 Å². The van der Waals surface area contributed by atoms with Crippen molar-refractivity contribution in [2.75, 3.05) is 12.0 Å². The van der Waals surface area contributed by atoms with Crippen molar-refractivity contribution in [3.63, 3.8) is 0 Å². The SMILES string of the molecule is COc1ccc(N2Cc3nc(=O)n(CCCc4ccccc4)n3C2=O)cc1. The molecule has 7 nitrogen and oxygen atoms in total. The Kier molecular flexibility index (Phi) is 4.50. The minimum atomic E-state index is -0.374. The lowest BCUT2D eigenvalue weighted by atomic mass is 10.1. The van der Waals surface area contributed by atoms with Crippen LogP contribution < -0.4 is 15.3 Å². The van der Waals surface area contributed by atoms with Crippen LogP contribution in [0.5, 0.6) is 5.75 Å². The molecule has 0 unspecified atom stereocenters. The van der Waals surface area contributed by atoms with Gasteiger partial charge in [0.15, 0.2) is 5.82 Å². The summed E-state index contributed by atoms with van der Waals surface area (Å²) >= 11 is 0. The summed E-state index contributed by atoms with van der Waals surface area (Å²) < 4.78 is 7.99. The molecule has 0 aliphatic carbocycles. The summed E-state index contributed by atoms with van der Waals surface area (Å²) in [4.78, 5) is 30.8. The van der Waals surface area contributed by atoms with E-state index in [2.05, 4.69) is 17.1 Å². The highest BCUT2D eigenvalue weighted by molar-refractivity contribution is 5.95. The van der Waals surface area contributed by atoms with Crippen molar-refractivity contribution in [2.24, 2.45) is 0 Å². The lowest BCUT2D eigenvalue weighted by Gasteiger charge is -2.16. The van der Waals surface area contributed by atoms with Gasteiger partial charge in [-0.1, -0.05) is 30.3 Å². The molecule has 1 aromatic heterocycles. The molecule has 138 valence electrons. The normalized spacial score (nSPS) is 13.1. The van der Waals surface area contributed by atoms with Crippen molar-refractivity contribution < 1.29 is 9.53 Å². The number of rotatable bonds is 6. The van der Waals surface area contributed by atoms with Crippen LogP contribution in [0, 0.1) is 0 Å². The number of methoxy groups -OCH3 is 1. The smallest absolute Gasteiger partial charge is 0.364 e. The van der Waals surface area contributed by atoms with Crippen LogP contribution in [-0.4, -0.2) is 27.5 Å². The minimum Gasteiger partial charge on any atom is -0.497 e. The number of hydrogen-bond donors (Lipinski definition) is 0. The zero-order valence-electron chi connectivity index (χ0n) is 15.0. The van der Waals surface area contributed by atoms with E-state index in [-0.39, 0.29) is 18.3 Å². The minimum absolute atomic E-state index is 0.260. The Hall–Kier alpha value is -3.35. The van der Waals surface area contributed by atoms with Gasteiger partial charge in [-0.05, 0) is 42.7 Å². The van der Waals surface area contributed by atoms with Crippen LogP contribution in [0.1, 0.15) is 17.8 Å². The maximum absolute atomic E-state index is 12.9. The van der Waals surface area contributed by atoms with Crippen LogP contribution >= 0.6 is 0 Å². The van der Waals surface area contributed by atoms with Gasteiger partial charge in [0.25, 0.3) is 0 Å². The number of carbonyl (C=O) groups is 1. The molecule has 0 bridgehead atoms. The molecule has 1 aliphatic rings. The lowest BCUT2D eigenvalue weighted by molar-refractivity contribution is 0.243. The summed E-state index contributed by atoms with van der Waals surface area (Å²) in [6.07, 6.45) is 1.59. The van der Waals surface area contributed by atoms with Gasteiger partial charge in [0.2, 0.25) is 0 Å². The first kappa shape index (κ1) is 17.1. The predicted octanol–water partition coefficient (Wildman–Crippen LogP) is 2.67. The molecule has 3 aromatic rings. The number of aromatic nitrogens is 3. The van der Waals surface area contributed by atoms with E-state index in [1.165, 1.54) is 14.9 Å². The molecule has 0 N–H and O–H groups in total. The third-order valence-electron chi connectivity index (χ3n) is 4.71. The molecular formula is C20H20N4O3. The Morgan fingerprint density at radius 2 is 1.78 bits per heavy atom. The molecule has 0 atom stereocenters. The third kappa shape index (κ3) is 3.23. The summed E-state index contributed by atoms with van der Waals surface area (Å²) in [5.41, 5.74) is 1.58. The van der Waals surface area contributed by atoms with Crippen LogP contribution in [0.3, 0.4) is 0 Å². The molecule has 0 saturated heterocycles. The summed E-state index contributed by atoms with van der Waals surface area (Å²) in [6.45, 7) is 0.731. The van der Waals surface area contributed by atoms with Crippen LogP contribution in [-0.2, 0) is 19.5 Å². The number of nitrogens with zero attached hydrogens (tertiary/aromatic N) is 4. The van der Waals surface area contributed by atoms with Crippen molar-refractivity contribution in [1.82, 2.24) is 14.3 Å². The largest absolute Gasteiger partial charge is 0.497 e. The van der Waals surface area contributed by atoms with Crippen molar-refractivity contribution in [1.29, 1.82) is 0 Å². The number of aryl methyl sites for hydroxylation is 1. The first-order valence-corrected chi connectivity index (χ1v) is 8.86. The summed E-state index contributed by atoms with van der Waals surface area (Å²) in [5, 5.41) is 0. The number of hydrogen-bond acceptors (Lipinski definition) is 4. The molecule has 1 amide bonds.